The van der Waals surface area contributed by atoms with Crippen LogP contribution in [0.15, 0.2) is 21.2 Å². The molecule has 0 radical (unpaired) electrons. The summed E-state index contributed by atoms with van der Waals surface area (Å²) in [4.78, 5) is 0. The molecule has 0 saturated carbocycles. The molecule has 0 aliphatic heterocycles. The number of ether oxygens (including phenoxy) is 1. The van der Waals surface area contributed by atoms with Crippen LogP contribution in [-0.2, 0) is 4.74 Å². The Balaban J connectivity index is 2.52. The van der Waals surface area contributed by atoms with Gasteiger partial charge >= 0.3 is 0 Å². The first-order chi connectivity index (χ1) is 5.75. The standard InChI is InChI=1S/C8H12BrNO2/c1-2-11-5-7(10)8-6(9)3-4-12-8/h3-4,7H,2,5,10H2,1H3. The lowest BCUT2D eigenvalue weighted by Gasteiger charge is -2.08. The third kappa shape index (κ3) is 2.33. The number of hydrogen-bond donors (Lipinski definition) is 1. The van der Waals surface area contributed by atoms with E-state index in [9.17, 15) is 0 Å². The highest BCUT2D eigenvalue weighted by molar-refractivity contribution is 9.10. The number of rotatable bonds is 4. The molecular formula is C8H12BrNO2. The van der Waals surface area contributed by atoms with Crippen molar-refractivity contribution in [2.75, 3.05) is 13.2 Å². The average Bonchev–Trinajstić information content (AvgIpc) is 2.47. The van der Waals surface area contributed by atoms with Crippen molar-refractivity contribution in [2.24, 2.45) is 5.73 Å². The summed E-state index contributed by atoms with van der Waals surface area (Å²) in [7, 11) is 0. The Bertz CT molecular complexity index is 237. The minimum absolute atomic E-state index is 0.186. The first kappa shape index (κ1) is 9.77. The van der Waals surface area contributed by atoms with Crippen LogP contribution in [0.4, 0.5) is 0 Å². The molecule has 0 aliphatic carbocycles. The molecule has 0 spiro atoms. The molecule has 1 rings (SSSR count). The number of furan rings is 1. The monoisotopic (exact) mass is 233 g/mol. The summed E-state index contributed by atoms with van der Waals surface area (Å²) in [5.74, 6) is 0.739. The highest BCUT2D eigenvalue weighted by Crippen LogP contribution is 2.22. The molecular weight excluding hydrogens is 222 g/mol. The van der Waals surface area contributed by atoms with Crippen molar-refractivity contribution in [3.05, 3.63) is 22.6 Å². The van der Waals surface area contributed by atoms with Gasteiger partial charge in [-0.3, -0.25) is 0 Å². The van der Waals surface area contributed by atoms with E-state index in [1.165, 1.54) is 0 Å². The average molecular weight is 234 g/mol. The van der Waals surface area contributed by atoms with Crippen LogP contribution in [0, 0.1) is 0 Å². The fourth-order valence-electron chi connectivity index (χ4n) is 0.891. The van der Waals surface area contributed by atoms with Crippen molar-refractivity contribution < 1.29 is 9.15 Å². The summed E-state index contributed by atoms with van der Waals surface area (Å²) in [6.07, 6.45) is 1.60. The van der Waals surface area contributed by atoms with Crippen molar-refractivity contribution in [1.82, 2.24) is 0 Å². The van der Waals surface area contributed by atoms with Gasteiger partial charge < -0.3 is 14.9 Å². The van der Waals surface area contributed by atoms with E-state index in [0.29, 0.717) is 13.2 Å². The quantitative estimate of drug-likeness (QED) is 0.867. The van der Waals surface area contributed by atoms with E-state index >= 15 is 0 Å². The zero-order valence-corrected chi connectivity index (χ0v) is 8.50. The molecule has 0 aliphatic rings. The van der Waals surface area contributed by atoms with E-state index in [2.05, 4.69) is 15.9 Å². The lowest BCUT2D eigenvalue weighted by Crippen LogP contribution is -2.16. The van der Waals surface area contributed by atoms with Crippen LogP contribution < -0.4 is 5.73 Å². The first-order valence-electron chi connectivity index (χ1n) is 3.82. The number of nitrogens with two attached hydrogens (primary N) is 1. The smallest absolute Gasteiger partial charge is 0.136 e. The van der Waals surface area contributed by atoms with Crippen LogP contribution >= 0.6 is 15.9 Å². The zero-order valence-electron chi connectivity index (χ0n) is 6.92. The van der Waals surface area contributed by atoms with Gasteiger partial charge in [-0.15, -0.1) is 0 Å². The van der Waals surface area contributed by atoms with Gasteiger partial charge in [-0.2, -0.15) is 0 Å². The summed E-state index contributed by atoms with van der Waals surface area (Å²) in [6, 6.07) is 1.63. The molecule has 0 saturated heterocycles. The Labute approximate surface area is 80.0 Å². The van der Waals surface area contributed by atoms with Gasteiger partial charge in [0.2, 0.25) is 0 Å². The highest BCUT2D eigenvalue weighted by Gasteiger charge is 2.12. The summed E-state index contributed by atoms with van der Waals surface area (Å²) >= 11 is 3.33. The van der Waals surface area contributed by atoms with Gasteiger partial charge in [-0.05, 0) is 28.9 Å². The van der Waals surface area contributed by atoms with Crippen molar-refractivity contribution in [3.8, 4) is 0 Å². The number of halogens is 1. The Morgan fingerprint density at radius 3 is 3.00 bits per heavy atom. The molecule has 68 valence electrons. The van der Waals surface area contributed by atoms with Gasteiger partial charge in [0.1, 0.15) is 5.76 Å². The van der Waals surface area contributed by atoms with Crippen molar-refractivity contribution >= 4 is 15.9 Å². The fourth-order valence-corrected chi connectivity index (χ4v) is 1.39. The van der Waals surface area contributed by atoms with Crippen LogP contribution in [0.2, 0.25) is 0 Å². The molecule has 2 N–H and O–H groups in total. The van der Waals surface area contributed by atoms with E-state index < -0.39 is 0 Å². The van der Waals surface area contributed by atoms with Gasteiger partial charge in [0.05, 0.1) is 23.4 Å². The number of hydrogen-bond acceptors (Lipinski definition) is 3. The predicted molar refractivity (Wildman–Crippen MR) is 49.8 cm³/mol. The van der Waals surface area contributed by atoms with Gasteiger partial charge in [-0.1, -0.05) is 0 Å². The molecule has 12 heavy (non-hydrogen) atoms. The van der Waals surface area contributed by atoms with Gasteiger partial charge in [-0.25, -0.2) is 0 Å². The summed E-state index contributed by atoms with van der Waals surface area (Å²) in [5, 5.41) is 0. The van der Waals surface area contributed by atoms with Crippen LogP contribution in [0.5, 0.6) is 0 Å². The maximum atomic E-state index is 5.78. The topological polar surface area (TPSA) is 48.4 Å². The second-order valence-electron chi connectivity index (χ2n) is 2.40. The Morgan fingerprint density at radius 1 is 1.75 bits per heavy atom. The molecule has 0 amide bonds. The summed E-state index contributed by atoms with van der Waals surface area (Å²) < 4.78 is 11.2. The second kappa shape index (κ2) is 4.64. The minimum Gasteiger partial charge on any atom is -0.466 e. The largest absolute Gasteiger partial charge is 0.466 e. The SMILES string of the molecule is CCOCC(N)c1occc1Br. The summed E-state index contributed by atoms with van der Waals surface area (Å²) in [6.45, 7) is 3.10. The van der Waals surface area contributed by atoms with E-state index in [1.807, 2.05) is 13.0 Å². The fraction of sp³-hybridized carbons (Fsp3) is 0.500. The maximum absolute atomic E-state index is 5.78. The molecule has 0 fully saturated rings. The molecule has 3 nitrogen and oxygen atoms in total. The maximum Gasteiger partial charge on any atom is 0.136 e. The molecule has 1 heterocycles. The molecule has 1 aromatic heterocycles. The van der Waals surface area contributed by atoms with Crippen molar-refractivity contribution in [3.63, 3.8) is 0 Å². The van der Waals surface area contributed by atoms with E-state index in [0.717, 1.165) is 10.2 Å². The molecule has 1 unspecified atom stereocenters. The normalized spacial score (nSPS) is 13.2. The third-order valence-corrected chi connectivity index (χ3v) is 2.14. The molecule has 4 heteroatoms. The molecule has 1 aromatic rings. The first-order valence-corrected chi connectivity index (χ1v) is 4.61. The predicted octanol–water partition coefficient (Wildman–Crippen LogP) is 2.08. The Hall–Kier alpha value is -0.320. The minimum atomic E-state index is -0.186. The van der Waals surface area contributed by atoms with Crippen LogP contribution in [0.3, 0.4) is 0 Å². The third-order valence-electron chi connectivity index (χ3n) is 1.48. The molecule has 0 bridgehead atoms. The molecule has 0 aromatic carbocycles. The van der Waals surface area contributed by atoms with Crippen LogP contribution in [0.25, 0.3) is 0 Å². The van der Waals surface area contributed by atoms with Crippen LogP contribution in [-0.4, -0.2) is 13.2 Å². The van der Waals surface area contributed by atoms with Gasteiger partial charge in [0.15, 0.2) is 0 Å². The van der Waals surface area contributed by atoms with Gasteiger partial charge in [0.25, 0.3) is 0 Å². The van der Waals surface area contributed by atoms with Crippen molar-refractivity contribution in [1.29, 1.82) is 0 Å². The Kier molecular flexibility index (Phi) is 3.78. The molecule has 1 atom stereocenters. The Morgan fingerprint density at radius 2 is 2.50 bits per heavy atom. The van der Waals surface area contributed by atoms with Crippen molar-refractivity contribution in [2.45, 2.75) is 13.0 Å². The van der Waals surface area contributed by atoms with Gasteiger partial charge in [0, 0.05) is 6.61 Å². The van der Waals surface area contributed by atoms with E-state index in [1.54, 1.807) is 6.26 Å². The van der Waals surface area contributed by atoms with Crippen LogP contribution in [0.1, 0.15) is 18.7 Å². The lowest BCUT2D eigenvalue weighted by atomic mass is 10.2. The van der Waals surface area contributed by atoms with E-state index in [4.69, 9.17) is 14.9 Å². The summed E-state index contributed by atoms with van der Waals surface area (Å²) in [5.41, 5.74) is 5.78. The second-order valence-corrected chi connectivity index (χ2v) is 3.25. The zero-order chi connectivity index (χ0) is 8.97. The van der Waals surface area contributed by atoms with E-state index in [-0.39, 0.29) is 6.04 Å². The lowest BCUT2D eigenvalue weighted by molar-refractivity contribution is 0.127. The highest BCUT2D eigenvalue weighted by atomic mass is 79.9.